The van der Waals surface area contributed by atoms with E-state index in [2.05, 4.69) is 15.4 Å². The fourth-order valence-electron chi connectivity index (χ4n) is 1.52. The van der Waals surface area contributed by atoms with Crippen molar-refractivity contribution in [2.45, 2.75) is 20.0 Å². The molecular formula is C12H14N4O2. The number of benzene rings is 1. The predicted molar refractivity (Wildman–Crippen MR) is 64.0 cm³/mol. The molecule has 1 aromatic heterocycles. The lowest BCUT2D eigenvalue weighted by atomic mass is 10.1. The molecule has 0 aliphatic carbocycles. The van der Waals surface area contributed by atoms with Crippen LogP contribution in [0.3, 0.4) is 0 Å². The van der Waals surface area contributed by atoms with Gasteiger partial charge in [-0.15, -0.1) is 10.2 Å². The highest BCUT2D eigenvalue weighted by Crippen LogP contribution is 2.13. The predicted octanol–water partition coefficient (Wildman–Crippen LogP) is 0.921. The Balaban J connectivity index is 1.92. The van der Waals surface area contributed by atoms with Crippen LogP contribution in [0.4, 0.5) is 0 Å². The van der Waals surface area contributed by atoms with Crippen molar-refractivity contribution in [2.24, 2.45) is 7.05 Å². The van der Waals surface area contributed by atoms with Crippen LogP contribution in [0.5, 0.6) is 5.75 Å². The van der Waals surface area contributed by atoms with Crippen molar-refractivity contribution in [3.05, 3.63) is 35.7 Å². The molecule has 2 rings (SSSR count). The number of carbonyl (C=O) groups is 1. The van der Waals surface area contributed by atoms with Gasteiger partial charge >= 0.3 is 0 Å². The maximum absolute atomic E-state index is 11.0. The van der Waals surface area contributed by atoms with Gasteiger partial charge in [0.2, 0.25) is 5.82 Å². The SMILES string of the molecule is CC(=O)Cc1ccc(OCc2nnn(C)n2)cc1. The lowest BCUT2D eigenvalue weighted by Crippen LogP contribution is -2.00. The highest BCUT2D eigenvalue weighted by Gasteiger charge is 2.02. The third-order valence-electron chi connectivity index (χ3n) is 2.29. The summed E-state index contributed by atoms with van der Waals surface area (Å²) in [5, 5.41) is 11.5. The summed E-state index contributed by atoms with van der Waals surface area (Å²) in [5.74, 6) is 1.40. The number of Topliss-reactive ketones (excluding diaryl/α,β-unsaturated/α-hetero) is 1. The minimum absolute atomic E-state index is 0.146. The molecule has 0 bridgehead atoms. The van der Waals surface area contributed by atoms with Crippen molar-refractivity contribution in [2.75, 3.05) is 0 Å². The second-order valence-electron chi connectivity index (χ2n) is 4.01. The maximum Gasteiger partial charge on any atom is 0.212 e. The molecule has 6 heteroatoms. The van der Waals surface area contributed by atoms with E-state index in [0.717, 1.165) is 11.3 Å². The molecule has 0 atom stereocenters. The Labute approximate surface area is 105 Å². The van der Waals surface area contributed by atoms with E-state index in [1.165, 1.54) is 4.80 Å². The van der Waals surface area contributed by atoms with Gasteiger partial charge in [0.05, 0.1) is 7.05 Å². The van der Waals surface area contributed by atoms with E-state index in [9.17, 15) is 4.79 Å². The Morgan fingerprint density at radius 3 is 2.61 bits per heavy atom. The molecule has 0 fully saturated rings. The second-order valence-corrected chi connectivity index (χ2v) is 4.01. The van der Waals surface area contributed by atoms with Gasteiger partial charge in [0.15, 0.2) is 6.61 Å². The van der Waals surface area contributed by atoms with Crippen LogP contribution in [-0.4, -0.2) is 26.0 Å². The number of aryl methyl sites for hydroxylation is 1. The third-order valence-corrected chi connectivity index (χ3v) is 2.29. The van der Waals surface area contributed by atoms with Gasteiger partial charge in [0.1, 0.15) is 11.5 Å². The van der Waals surface area contributed by atoms with Crippen LogP contribution in [0.2, 0.25) is 0 Å². The van der Waals surface area contributed by atoms with E-state index in [1.54, 1.807) is 14.0 Å². The Morgan fingerprint density at radius 2 is 2.06 bits per heavy atom. The minimum Gasteiger partial charge on any atom is -0.485 e. The largest absolute Gasteiger partial charge is 0.485 e. The van der Waals surface area contributed by atoms with Crippen molar-refractivity contribution in [3.8, 4) is 5.75 Å². The molecule has 0 radical (unpaired) electrons. The molecule has 1 heterocycles. The molecule has 94 valence electrons. The molecule has 0 aliphatic rings. The van der Waals surface area contributed by atoms with Gasteiger partial charge in [-0.2, -0.15) is 4.80 Å². The number of nitrogens with zero attached hydrogens (tertiary/aromatic N) is 4. The average molecular weight is 246 g/mol. The number of aromatic nitrogens is 4. The lowest BCUT2D eigenvalue weighted by Gasteiger charge is -2.04. The summed E-state index contributed by atoms with van der Waals surface area (Å²) in [6, 6.07) is 7.41. The number of carbonyl (C=O) groups excluding carboxylic acids is 1. The lowest BCUT2D eigenvalue weighted by molar-refractivity contribution is -0.116. The van der Waals surface area contributed by atoms with Gasteiger partial charge < -0.3 is 4.74 Å². The molecule has 0 spiro atoms. The zero-order chi connectivity index (χ0) is 13.0. The van der Waals surface area contributed by atoms with Crippen molar-refractivity contribution in [3.63, 3.8) is 0 Å². The molecule has 0 saturated carbocycles. The quantitative estimate of drug-likeness (QED) is 0.784. The third kappa shape index (κ3) is 3.38. The van der Waals surface area contributed by atoms with Gasteiger partial charge in [-0.3, -0.25) is 4.79 Å². The Kier molecular flexibility index (Phi) is 3.66. The van der Waals surface area contributed by atoms with Crippen LogP contribution in [-0.2, 0) is 24.9 Å². The van der Waals surface area contributed by atoms with Gasteiger partial charge in [-0.1, -0.05) is 12.1 Å². The number of tetrazole rings is 1. The van der Waals surface area contributed by atoms with E-state index < -0.39 is 0 Å². The first-order valence-corrected chi connectivity index (χ1v) is 5.57. The summed E-state index contributed by atoms with van der Waals surface area (Å²) in [4.78, 5) is 12.3. The first-order valence-electron chi connectivity index (χ1n) is 5.57. The Hall–Kier alpha value is -2.24. The summed E-state index contributed by atoms with van der Waals surface area (Å²) < 4.78 is 5.50. The molecule has 0 N–H and O–H groups in total. The van der Waals surface area contributed by atoms with Crippen LogP contribution < -0.4 is 4.74 Å². The summed E-state index contributed by atoms with van der Waals surface area (Å²) >= 11 is 0. The summed E-state index contributed by atoms with van der Waals surface area (Å²) in [6.07, 6.45) is 0.450. The zero-order valence-electron chi connectivity index (χ0n) is 10.3. The van der Waals surface area contributed by atoms with Crippen LogP contribution in [0, 0.1) is 0 Å². The molecule has 0 saturated heterocycles. The first kappa shape index (κ1) is 12.2. The number of ketones is 1. The van der Waals surface area contributed by atoms with Crippen LogP contribution in [0.25, 0.3) is 0 Å². The molecule has 18 heavy (non-hydrogen) atoms. The van der Waals surface area contributed by atoms with Crippen molar-refractivity contribution in [1.82, 2.24) is 20.2 Å². The fourth-order valence-corrected chi connectivity index (χ4v) is 1.52. The number of hydrogen-bond donors (Lipinski definition) is 0. The monoisotopic (exact) mass is 246 g/mol. The Morgan fingerprint density at radius 1 is 1.33 bits per heavy atom. The van der Waals surface area contributed by atoms with Crippen LogP contribution >= 0.6 is 0 Å². The number of rotatable bonds is 5. The summed E-state index contributed by atoms with van der Waals surface area (Å²) in [5.41, 5.74) is 0.979. The number of ether oxygens (including phenoxy) is 1. The minimum atomic E-state index is 0.146. The molecule has 0 amide bonds. The molecule has 0 unspecified atom stereocenters. The zero-order valence-corrected chi connectivity index (χ0v) is 10.3. The molecular weight excluding hydrogens is 232 g/mol. The smallest absolute Gasteiger partial charge is 0.212 e. The Bertz CT molecular complexity index is 533. The molecule has 6 nitrogen and oxygen atoms in total. The average Bonchev–Trinajstić information content (AvgIpc) is 2.74. The van der Waals surface area contributed by atoms with E-state index in [0.29, 0.717) is 12.2 Å². The van der Waals surface area contributed by atoms with Crippen molar-refractivity contribution < 1.29 is 9.53 Å². The molecule has 1 aromatic carbocycles. The van der Waals surface area contributed by atoms with Gasteiger partial charge in [-0.05, 0) is 29.8 Å². The van der Waals surface area contributed by atoms with Crippen molar-refractivity contribution >= 4 is 5.78 Å². The summed E-state index contributed by atoms with van der Waals surface area (Å²) in [7, 11) is 1.70. The first-order chi connectivity index (χ1) is 8.63. The highest BCUT2D eigenvalue weighted by molar-refractivity contribution is 5.78. The molecule has 0 aliphatic heterocycles. The van der Waals surface area contributed by atoms with E-state index >= 15 is 0 Å². The van der Waals surface area contributed by atoms with Gasteiger partial charge in [-0.25, -0.2) is 0 Å². The van der Waals surface area contributed by atoms with Crippen molar-refractivity contribution in [1.29, 1.82) is 0 Å². The topological polar surface area (TPSA) is 69.9 Å². The van der Waals surface area contributed by atoms with Gasteiger partial charge in [0, 0.05) is 6.42 Å². The number of hydrogen-bond acceptors (Lipinski definition) is 5. The van der Waals surface area contributed by atoms with Crippen LogP contribution in [0.1, 0.15) is 18.3 Å². The highest BCUT2D eigenvalue weighted by atomic mass is 16.5. The summed E-state index contributed by atoms with van der Waals surface area (Å²) in [6.45, 7) is 1.85. The van der Waals surface area contributed by atoms with Gasteiger partial charge in [0.25, 0.3) is 0 Å². The maximum atomic E-state index is 11.0. The van der Waals surface area contributed by atoms with E-state index in [-0.39, 0.29) is 12.4 Å². The standard InChI is InChI=1S/C12H14N4O2/c1-9(17)7-10-3-5-11(6-4-10)18-8-12-13-15-16(2)14-12/h3-6H,7-8H2,1-2H3. The van der Waals surface area contributed by atoms with E-state index in [4.69, 9.17) is 4.74 Å². The molecule has 2 aromatic rings. The second kappa shape index (κ2) is 5.39. The normalized spacial score (nSPS) is 10.3. The van der Waals surface area contributed by atoms with E-state index in [1.807, 2.05) is 24.3 Å². The van der Waals surface area contributed by atoms with Crippen LogP contribution in [0.15, 0.2) is 24.3 Å². The fraction of sp³-hybridized carbons (Fsp3) is 0.333.